The Kier molecular flexibility index (Phi) is 7.46. The third-order valence-electron chi connectivity index (χ3n) is 4.74. The number of ketones is 1. The van der Waals surface area contributed by atoms with Crippen LogP contribution < -0.4 is 14.2 Å². The van der Waals surface area contributed by atoms with Crippen LogP contribution in [0.3, 0.4) is 0 Å². The van der Waals surface area contributed by atoms with Crippen molar-refractivity contribution in [1.82, 2.24) is 0 Å². The molecule has 0 radical (unpaired) electrons. The highest BCUT2D eigenvalue weighted by Gasteiger charge is 2.29. The highest BCUT2D eigenvalue weighted by molar-refractivity contribution is 6.00. The van der Waals surface area contributed by atoms with Gasteiger partial charge in [-0.05, 0) is 36.1 Å². The van der Waals surface area contributed by atoms with Crippen LogP contribution in [0.25, 0.3) is 0 Å². The summed E-state index contributed by atoms with van der Waals surface area (Å²) in [6.07, 6.45) is 1.10. The third kappa shape index (κ3) is 5.26. The molecule has 29 heavy (non-hydrogen) atoms. The van der Waals surface area contributed by atoms with Gasteiger partial charge < -0.3 is 28.4 Å². The van der Waals surface area contributed by atoms with Crippen molar-refractivity contribution in [3.63, 3.8) is 0 Å². The second-order valence-corrected chi connectivity index (χ2v) is 6.70. The zero-order valence-electron chi connectivity index (χ0n) is 16.9. The molecule has 0 aliphatic heterocycles. The normalized spacial score (nSPS) is 15.7. The number of hydrogen-bond acceptors (Lipinski definition) is 7. The van der Waals surface area contributed by atoms with Crippen molar-refractivity contribution in [3.05, 3.63) is 53.1 Å². The minimum Gasteiger partial charge on any atom is -0.468 e. The molecule has 2 aromatic rings. The molecule has 0 heterocycles. The van der Waals surface area contributed by atoms with Crippen LogP contribution in [0.1, 0.15) is 33.8 Å². The van der Waals surface area contributed by atoms with Crippen LogP contribution in [0.2, 0.25) is 0 Å². The number of ether oxygens (including phenoxy) is 6. The smallest absolute Gasteiger partial charge is 0.188 e. The SMILES string of the molecule is COCOc1ccc(C2CC(=O)c3cc(OCOC)cc(OCOC)c3C2)cc1. The van der Waals surface area contributed by atoms with Crippen molar-refractivity contribution in [2.75, 3.05) is 41.7 Å². The summed E-state index contributed by atoms with van der Waals surface area (Å²) in [7, 11) is 4.68. The largest absolute Gasteiger partial charge is 0.468 e. The Morgan fingerprint density at radius 1 is 0.793 bits per heavy atom. The fraction of sp³-hybridized carbons (Fsp3) is 0.409. The molecule has 0 fully saturated rings. The highest BCUT2D eigenvalue weighted by Crippen LogP contribution is 2.40. The molecule has 0 N–H and O–H groups in total. The molecular formula is C22H26O7. The minimum atomic E-state index is 0.0566. The van der Waals surface area contributed by atoms with E-state index in [-0.39, 0.29) is 32.1 Å². The van der Waals surface area contributed by atoms with Gasteiger partial charge in [0.1, 0.15) is 17.2 Å². The average Bonchev–Trinajstić information content (AvgIpc) is 2.75. The summed E-state index contributed by atoms with van der Waals surface area (Å²) in [4.78, 5) is 12.9. The number of hydrogen-bond donors (Lipinski definition) is 0. The van der Waals surface area contributed by atoms with E-state index in [0.29, 0.717) is 29.9 Å². The number of carbonyl (C=O) groups is 1. The summed E-state index contributed by atoms with van der Waals surface area (Å²) in [5, 5.41) is 0. The average molecular weight is 402 g/mol. The van der Waals surface area contributed by atoms with Gasteiger partial charge in [0.2, 0.25) is 0 Å². The van der Waals surface area contributed by atoms with Gasteiger partial charge in [0.05, 0.1) is 0 Å². The quantitative estimate of drug-likeness (QED) is 0.563. The molecule has 1 aliphatic carbocycles. The molecule has 0 amide bonds. The lowest BCUT2D eigenvalue weighted by molar-refractivity contribution is 0.0451. The first-order valence-electron chi connectivity index (χ1n) is 9.31. The lowest BCUT2D eigenvalue weighted by atomic mass is 9.79. The van der Waals surface area contributed by atoms with Gasteiger partial charge in [-0.3, -0.25) is 4.79 Å². The second-order valence-electron chi connectivity index (χ2n) is 6.70. The molecule has 1 aliphatic rings. The van der Waals surface area contributed by atoms with Crippen LogP contribution in [0.5, 0.6) is 17.2 Å². The predicted octanol–water partition coefficient (Wildman–Crippen LogP) is 3.55. The maximum atomic E-state index is 12.9. The second kappa shape index (κ2) is 10.2. The Morgan fingerprint density at radius 2 is 1.41 bits per heavy atom. The first-order chi connectivity index (χ1) is 14.2. The van der Waals surface area contributed by atoms with Crippen LogP contribution in [0.4, 0.5) is 0 Å². The number of Topliss-reactive ketones (excluding diaryl/α,β-unsaturated/α-hetero) is 1. The Labute approximate surface area is 170 Å². The van der Waals surface area contributed by atoms with Gasteiger partial charge in [-0.25, -0.2) is 0 Å². The highest BCUT2D eigenvalue weighted by atomic mass is 16.7. The van der Waals surface area contributed by atoms with Gasteiger partial charge in [0.15, 0.2) is 26.2 Å². The number of benzene rings is 2. The van der Waals surface area contributed by atoms with E-state index in [1.807, 2.05) is 24.3 Å². The van der Waals surface area contributed by atoms with E-state index < -0.39 is 0 Å². The van der Waals surface area contributed by atoms with Crippen LogP contribution in [-0.2, 0) is 20.6 Å². The summed E-state index contributed by atoms with van der Waals surface area (Å²) in [6.45, 7) is 0.379. The molecule has 0 aromatic heterocycles. The maximum absolute atomic E-state index is 12.9. The zero-order chi connectivity index (χ0) is 20.6. The molecular weight excluding hydrogens is 376 g/mol. The molecule has 0 saturated heterocycles. The van der Waals surface area contributed by atoms with Crippen molar-refractivity contribution in [2.24, 2.45) is 0 Å². The lowest BCUT2D eigenvalue weighted by Gasteiger charge is -2.26. The topological polar surface area (TPSA) is 72.5 Å². The van der Waals surface area contributed by atoms with Crippen LogP contribution in [-0.4, -0.2) is 47.5 Å². The number of fused-ring (bicyclic) bond motifs is 1. The molecule has 1 atom stereocenters. The number of rotatable bonds is 10. The minimum absolute atomic E-state index is 0.0566. The fourth-order valence-corrected chi connectivity index (χ4v) is 3.39. The van der Waals surface area contributed by atoms with E-state index >= 15 is 0 Å². The summed E-state index contributed by atoms with van der Waals surface area (Å²) >= 11 is 0. The van der Waals surface area contributed by atoms with Crippen molar-refractivity contribution in [1.29, 1.82) is 0 Å². The standard InChI is InChI=1S/C22H26O7/c1-24-12-27-17-6-4-15(5-7-17)16-8-20-19(21(23)9-16)10-18(28-13-25-2)11-22(20)29-14-26-3/h4-7,10-11,16H,8-9,12-14H2,1-3H3. The maximum Gasteiger partial charge on any atom is 0.188 e. The number of carbonyl (C=O) groups excluding carboxylic acids is 1. The van der Waals surface area contributed by atoms with Crippen LogP contribution in [0, 0.1) is 0 Å². The predicted molar refractivity (Wildman–Crippen MR) is 106 cm³/mol. The van der Waals surface area contributed by atoms with E-state index in [1.165, 1.54) is 0 Å². The van der Waals surface area contributed by atoms with Crippen molar-refractivity contribution in [2.45, 2.75) is 18.8 Å². The summed E-state index contributed by atoms with van der Waals surface area (Å²) in [5.41, 5.74) is 2.57. The summed E-state index contributed by atoms with van der Waals surface area (Å²) in [5.74, 6) is 1.96. The van der Waals surface area contributed by atoms with Crippen molar-refractivity contribution >= 4 is 5.78 Å². The Hall–Kier alpha value is -2.61. The monoisotopic (exact) mass is 402 g/mol. The van der Waals surface area contributed by atoms with E-state index in [4.69, 9.17) is 28.4 Å². The molecule has 2 aromatic carbocycles. The molecule has 7 nitrogen and oxygen atoms in total. The van der Waals surface area contributed by atoms with Gasteiger partial charge in [-0.15, -0.1) is 0 Å². The third-order valence-corrected chi connectivity index (χ3v) is 4.74. The Bertz CT molecular complexity index is 817. The van der Waals surface area contributed by atoms with Crippen molar-refractivity contribution in [3.8, 4) is 17.2 Å². The van der Waals surface area contributed by atoms with Gasteiger partial charge in [-0.2, -0.15) is 0 Å². The van der Waals surface area contributed by atoms with Crippen LogP contribution >= 0.6 is 0 Å². The van der Waals surface area contributed by atoms with Gasteiger partial charge in [0, 0.05) is 44.9 Å². The van der Waals surface area contributed by atoms with Gasteiger partial charge in [-0.1, -0.05) is 12.1 Å². The van der Waals surface area contributed by atoms with Gasteiger partial charge in [0.25, 0.3) is 0 Å². The van der Waals surface area contributed by atoms with Crippen LogP contribution in [0.15, 0.2) is 36.4 Å². The molecule has 7 heteroatoms. The summed E-state index contributed by atoms with van der Waals surface area (Å²) in [6, 6.07) is 11.3. The molecule has 0 saturated carbocycles. The number of methoxy groups -OCH3 is 3. The molecule has 3 rings (SSSR count). The molecule has 0 spiro atoms. The van der Waals surface area contributed by atoms with E-state index in [2.05, 4.69) is 0 Å². The Balaban J connectivity index is 1.86. The Morgan fingerprint density at radius 3 is 2.07 bits per heavy atom. The summed E-state index contributed by atoms with van der Waals surface area (Å²) < 4.78 is 31.6. The van der Waals surface area contributed by atoms with E-state index in [0.717, 1.165) is 16.9 Å². The molecule has 156 valence electrons. The first-order valence-corrected chi connectivity index (χ1v) is 9.31. The molecule has 1 unspecified atom stereocenters. The van der Waals surface area contributed by atoms with E-state index in [9.17, 15) is 4.79 Å². The van der Waals surface area contributed by atoms with Gasteiger partial charge >= 0.3 is 0 Å². The fourth-order valence-electron chi connectivity index (χ4n) is 3.39. The molecule has 0 bridgehead atoms. The zero-order valence-corrected chi connectivity index (χ0v) is 16.9. The first kappa shape index (κ1) is 21.1. The van der Waals surface area contributed by atoms with E-state index in [1.54, 1.807) is 33.5 Å². The van der Waals surface area contributed by atoms with Crippen molar-refractivity contribution < 1.29 is 33.2 Å². The lowest BCUT2D eigenvalue weighted by Crippen LogP contribution is -2.20.